The lowest BCUT2D eigenvalue weighted by molar-refractivity contribution is -0.139. The smallest absolute Gasteiger partial charge is 0.326 e. The van der Waals surface area contributed by atoms with Gasteiger partial charge in [-0.05, 0) is 6.42 Å². The Morgan fingerprint density at radius 3 is 2.52 bits per heavy atom. The van der Waals surface area contributed by atoms with Crippen LogP contribution in [0.2, 0.25) is 0 Å². The minimum absolute atomic E-state index is 0.188. The molecule has 0 spiro atoms. The summed E-state index contributed by atoms with van der Waals surface area (Å²) >= 11 is 0. The van der Waals surface area contributed by atoms with E-state index in [1.54, 1.807) is 0 Å². The van der Waals surface area contributed by atoms with Crippen molar-refractivity contribution in [1.29, 1.82) is 0 Å². The lowest BCUT2D eigenvalue weighted by atomic mass is 10.2. The second kappa shape index (κ2) is 9.35. The minimum Gasteiger partial charge on any atom is -0.480 e. The average Bonchev–Trinajstić information content (AvgIpc) is 2.37. The molecule has 9 heteroatoms. The standard InChI is InChI=1S/C12H22N2O6S/c1-4-6-14(7-8-20-2)12(17)13-10(11(15)16)5-9-21(3,18)19/h4,10H,1,5-9H2,2-3H3,(H,13,17)(H,15,16). The summed E-state index contributed by atoms with van der Waals surface area (Å²) < 4.78 is 27.0. The number of aliphatic carboxylic acids is 1. The van der Waals surface area contributed by atoms with Gasteiger partial charge in [0.25, 0.3) is 0 Å². The largest absolute Gasteiger partial charge is 0.480 e. The quantitative estimate of drug-likeness (QED) is 0.535. The Bertz CT molecular complexity index is 462. The van der Waals surface area contributed by atoms with E-state index in [0.717, 1.165) is 6.26 Å². The number of rotatable bonds is 10. The number of carboxylic acid groups (broad SMARTS) is 1. The van der Waals surface area contributed by atoms with Crippen LogP contribution in [0, 0.1) is 0 Å². The van der Waals surface area contributed by atoms with E-state index in [-0.39, 0.29) is 25.3 Å². The lowest BCUT2D eigenvalue weighted by Crippen LogP contribution is -2.49. The zero-order chi connectivity index (χ0) is 16.5. The van der Waals surface area contributed by atoms with E-state index in [0.29, 0.717) is 6.61 Å². The highest BCUT2D eigenvalue weighted by molar-refractivity contribution is 7.90. The summed E-state index contributed by atoms with van der Waals surface area (Å²) in [4.78, 5) is 24.4. The maximum absolute atomic E-state index is 12.0. The number of carbonyl (C=O) groups excluding carboxylic acids is 1. The summed E-state index contributed by atoms with van der Waals surface area (Å²) in [5.74, 6) is -1.60. The molecule has 0 fully saturated rings. The van der Waals surface area contributed by atoms with Gasteiger partial charge in [0.15, 0.2) is 0 Å². The lowest BCUT2D eigenvalue weighted by Gasteiger charge is -2.23. The molecule has 2 amide bonds. The van der Waals surface area contributed by atoms with Crippen molar-refractivity contribution in [3.8, 4) is 0 Å². The van der Waals surface area contributed by atoms with Crippen molar-refractivity contribution in [2.45, 2.75) is 12.5 Å². The fraction of sp³-hybridized carbons (Fsp3) is 0.667. The van der Waals surface area contributed by atoms with Crippen LogP contribution in [0.1, 0.15) is 6.42 Å². The highest BCUT2D eigenvalue weighted by atomic mass is 32.2. The number of carbonyl (C=O) groups is 2. The first kappa shape index (κ1) is 19.4. The maximum atomic E-state index is 12.0. The van der Waals surface area contributed by atoms with Crippen molar-refractivity contribution in [1.82, 2.24) is 10.2 Å². The van der Waals surface area contributed by atoms with Gasteiger partial charge in [0.2, 0.25) is 0 Å². The molecule has 0 aliphatic rings. The molecule has 21 heavy (non-hydrogen) atoms. The SMILES string of the molecule is C=CCN(CCOC)C(=O)NC(CCS(C)(=O)=O)C(=O)O. The van der Waals surface area contributed by atoms with Crippen molar-refractivity contribution >= 4 is 21.8 Å². The van der Waals surface area contributed by atoms with Gasteiger partial charge < -0.3 is 20.1 Å². The molecule has 0 rings (SSSR count). The van der Waals surface area contributed by atoms with Gasteiger partial charge in [-0.2, -0.15) is 0 Å². The number of hydrogen-bond donors (Lipinski definition) is 2. The molecular formula is C12H22N2O6S. The maximum Gasteiger partial charge on any atom is 0.326 e. The van der Waals surface area contributed by atoms with Crippen LogP contribution in [0.25, 0.3) is 0 Å². The van der Waals surface area contributed by atoms with Crippen LogP contribution in [0.15, 0.2) is 12.7 Å². The summed E-state index contributed by atoms with van der Waals surface area (Å²) in [5, 5.41) is 11.3. The van der Waals surface area contributed by atoms with Gasteiger partial charge in [-0.3, -0.25) is 0 Å². The first-order valence-corrected chi connectivity index (χ1v) is 8.33. The van der Waals surface area contributed by atoms with Gasteiger partial charge in [0, 0.05) is 26.5 Å². The molecule has 0 saturated heterocycles. The highest BCUT2D eigenvalue weighted by Crippen LogP contribution is 2.00. The predicted molar refractivity (Wildman–Crippen MR) is 77.9 cm³/mol. The number of amides is 2. The van der Waals surface area contributed by atoms with E-state index >= 15 is 0 Å². The van der Waals surface area contributed by atoms with Gasteiger partial charge in [0.05, 0.1) is 12.4 Å². The summed E-state index contributed by atoms with van der Waals surface area (Å²) in [6.45, 7) is 4.31. The van der Waals surface area contributed by atoms with Gasteiger partial charge >= 0.3 is 12.0 Å². The average molecular weight is 322 g/mol. The van der Waals surface area contributed by atoms with Crippen LogP contribution in [0.3, 0.4) is 0 Å². The number of ether oxygens (including phenoxy) is 1. The van der Waals surface area contributed by atoms with Crippen LogP contribution in [0.4, 0.5) is 4.79 Å². The molecule has 0 radical (unpaired) electrons. The predicted octanol–water partition coefficient (Wildman–Crippen LogP) is -0.282. The van der Waals surface area contributed by atoms with Crippen molar-refractivity contribution in [2.75, 3.05) is 38.8 Å². The zero-order valence-corrected chi connectivity index (χ0v) is 13.1. The Morgan fingerprint density at radius 2 is 2.10 bits per heavy atom. The van der Waals surface area contributed by atoms with Crippen LogP contribution >= 0.6 is 0 Å². The second-order valence-electron chi connectivity index (χ2n) is 4.49. The number of nitrogens with one attached hydrogen (secondary N) is 1. The fourth-order valence-corrected chi connectivity index (χ4v) is 2.13. The normalized spacial score (nSPS) is 12.5. The highest BCUT2D eigenvalue weighted by Gasteiger charge is 2.23. The van der Waals surface area contributed by atoms with Gasteiger partial charge in [0.1, 0.15) is 15.9 Å². The number of nitrogens with zero attached hydrogens (tertiary/aromatic N) is 1. The Hall–Kier alpha value is -1.61. The van der Waals surface area contributed by atoms with Crippen molar-refractivity contribution in [3.05, 3.63) is 12.7 Å². The molecule has 0 aliphatic heterocycles. The molecular weight excluding hydrogens is 300 g/mol. The molecule has 0 aromatic rings. The van der Waals surface area contributed by atoms with E-state index in [4.69, 9.17) is 9.84 Å². The number of urea groups is 1. The molecule has 1 atom stereocenters. The zero-order valence-electron chi connectivity index (χ0n) is 12.2. The van der Waals surface area contributed by atoms with Gasteiger partial charge in [-0.25, -0.2) is 18.0 Å². The topological polar surface area (TPSA) is 113 Å². The van der Waals surface area contributed by atoms with Gasteiger partial charge in [-0.15, -0.1) is 6.58 Å². The van der Waals surface area contributed by atoms with E-state index in [9.17, 15) is 18.0 Å². The third kappa shape index (κ3) is 9.03. The van der Waals surface area contributed by atoms with E-state index in [1.807, 2.05) is 0 Å². The number of methoxy groups -OCH3 is 1. The van der Waals surface area contributed by atoms with Gasteiger partial charge in [-0.1, -0.05) is 6.08 Å². The van der Waals surface area contributed by atoms with E-state index < -0.39 is 27.9 Å². The Labute approximate surface area is 124 Å². The molecule has 0 bridgehead atoms. The third-order valence-corrected chi connectivity index (χ3v) is 3.55. The third-order valence-electron chi connectivity index (χ3n) is 2.58. The molecule has 0 heterocycles. The first-order valence-electron chi connectivity index (χ1n) is 6.27. The summed E-state index contributed by atoms with van der Waals surface area (Å²) in [7, 11) is -1.82. The summed E-state index contributed by atoms with van der Waals surface area (Å²) in [6.07, 6.45) is 2.32. The minimum atomic E-state index is -3.30. The second-order valence-corrected chi connectivity index (χ2v) is 6.75. The Balaban J connectivity index is 4.69. The molecule has 0 aliphatic carbocycles. The molecule has 122 valence electrons. The fourth-order valence-electron chi connectivity index (χ4n) is 1.46. The molecule has 8 nitrogen and oxygen atoms in total. The Morgan fingerprint density at radius 1 is 1.48 bits per heavy atom. The first-order chi connectivity index (χ1) is 9.71. The van der Waals surface area contributed by atoms with Crippen molar-refractivity contribution in [2.24, 2.45) is 0 Å². The molecule has 0 saturated carbocycles. The van der Waals surface area contributed by atoms with Crippen molar-refractivity contribution in [3.63, 3.8) is 0 Å². The van der Waals surface area contributed by atoms with Crippen molar-refractivity contribution < 1.29 is 27.9 Å². The monoisotopic (exact) mass is 322 g/mol. The number of carboxylic acids is 1. The molecule has 0 aromatic carbocycles. The Kier molecular flexibility index (Phi) is 8.63. The van der Waals surface area contributed by atoms with Crippen LogP contribution in [-0.2, 0) is 19.4 Å². The number of sulfone groups is 1. The summed E-state index contributed by atoms with van der Waals surface area (Å²) in [5.41, 5.74) is 0. The van der Waals surface area contributed by atoms with Crippen LogP contribution in [0.5, 0.6) is 0 Å². The molecule has 0 aromatic heterocycles. The van der Waals surface area contributed by atoms with E-state index in [1.165, 1.54) is 18.1 Å². The summed E-state index contributed by atoms with van der Waals surface area (Å²) in [6, 6.07) is -1.87. The van der Waals surface area contributed by atoms with Crippen LogP contribution in [-0.4, -0.2) is 75.3 Å². The van der Waals surface area contributed by atoms with E-state index in [2.05, 4.69) is 11.9 Å². The molecule has 2 N–H and O–H groups in total. The molecule has 1 unspecified atom stereocenters. The van der Waals surface area contributed by atoms with Crippen LogP contribution < -0.4 is 5.32 Å². The number of hydrogen-bond acceptors (Lipinski definition) is 5.